The van der Waals surface area contributed by atoms with Crippen LogP contribution in [0.1, 0.15) is 35.5 Å². The first-order chi connectivity index (χ1) is 15.1. The number of sulfonamides is 1. The summed E-state index contributed by atoms with van der Waals surface area (Å²) >= 11 is 0. The largest absolute Gasteiger partial charge is 0.376 e. The summed E-state index contributed by atoms with van der Waals surface area (Å²) in [4.78, 5) is 19.8. The number of anilines is 2. The van der Waals surface area contributed by atoms with Gasteiger partial charge in [0.1, 0.15) is 0 Å². The van der Waals surface area contributed by atoms with Crippen molar-refractivity contribution in [2.45, 2.75) is 32.6 Å². The van der Waals surface area contributed by atoms with Gasteiger partial charge in [-0.2, -0.15) is 4.31 Å². The van der Waals surface area contributed by atoms with Crippen molar-refractivity contribution in [3.8, 4) is 0 Å². The number of aryl methyl sites for hydroxylation is 2. The highest BCUT2D eigenvalue weighted by Crippen LogP contribution is 2.30. The van der Waals surface area contributed by atoms with Crippen molar-refractivity contribution in [2.24, 2.45) is 0 Å². The molecule has 0 unspecified atom stereocenters. The van der Waals surface area contributed by atoms with E-state index in [0.717, 1.165) is 16.5 Å². The predicted octanol–water partition coefficient (Wildman–Crippen LogP) is 4.20. The van der Waals surface area contributed by atoms with Crippen LogP contribution >= 0.6 is 0 Å². The molecular weight excluding hydrogens is 424 g/mol. The first-order valence-corrected chi connectivity index (χ1v) is 12.0. The maximum atomic E-state index is 13.2. The molecule has 0 bridgehead atoms. The van der Waals surface area contributed by atoms with E-state index < -0.39 is 10.0 Å². The molecule has 1 amide bonds. The average molecular weight is 455 g/mol. The fraction of sp³-hybridized carbons (Fsp3) is 0.333. The molecular formula is C24H30N4O3S. The molecule has 0 aliphatic carbocycles. The zero-order chi connectivity index (χ0) is 23.6. The molecule has 2 aromatic carbocycles. The van der Waals surface area contributed by atoms with E-state index in [1.54, 1.807) is 32.9 Å². The summed E-state index contributed by atoms with van der Waals surface area (Å²) in [5, 5.41) is 3.79. The van der Waals surface area contributed by atoms with Crippen LogP contribution in [0, 0.1) is 13.8 Å². The number of rotatable bonds is 7. The molecule has 0 aliphatic rings. The fourth-order valence-corrected chi connectivity index (χ4v) is 5.17. The molecule has 0 aliphatic heterocycles. The van der Waals surface area contributed by atoms with Crippen molar-refractivity contribution in [3.63, 3.8) is 0 Å². The van der Waals surface area contributed by atoms with Gasteiger partial charge in [0.25, 0.3) is 5.91 Å². The van der Waals surface area contributed by atoms with E-state index in [2.05, 4.69) is 10.3 Å². The topological polar surface area (TPSA) is 82.6 Å². The minimum atomic E-state index is -3.66. The van der Waals surface area contributed by atoms with E-state index in [1.165, 1.54) is 10.4 Å². The zero-order valence-electron chi connectivity index (χ0n) is 19.4. The third kappa shape index (κ3) is 4.61. The van der Waals surface area contributed by atoms with E-state index in [-0.39, 0.29) is 10.8 Å². The number of fused-ring (bicyclic) bond motifs is 1. The summed E-state index contributed by atoms with van der Waals surface area (Å²) in [6, 6.07) is 12.5. The second-order valence-corrected chi connectivity index (χ2v) is 9.87. The number of aromatic nitrogens is 1. The van der Waals surface area contributed by atoms with E-state index >= 15 is 0 Å². The normalized spacial score (nSPS) is 11.7. The number of carbonyl (C=O) groups excluding carboxylic acids is 1. The quantitative estimate of drug-likeness (QED) is 0.579. The first-order valence-electron chi connectivity index (χ1n) is 10.6. The molecule has 3 aromatic rings. The van der Waals surface area contributed by atoms with Crippen LogP contribution in [0.4, 0.5) is 11.4 Å². The Morgan fingerprint density at radius 2 is 1.69 bits per heavy atom. The Bertz CT molecular complexity index is 1270. The number of hydrogen-bond donors (Lipinski definition) is 1. The summed E-state index contributed by atoms with van der Waals surface area (Å²) in [5.74, 6) is -0.334. The first kappa shape index (κ1) is 23.7. The maximum absolute atomic E-state index is 13.2. The van der Waals surface area contributed by atoms with Crippen molar-refractivity contribution in [3.05, 3.63) is 59.3 Å². The van der Waals surface area contributed by atoms with Crippen LogP contribution in [-0.4, -0.2) is 50.8 Å². The Morgan fingerprint density at radius 1 is 1.00 bits per heavy atom. The molecule has 0 radical (unpaired) electrons. The highest BCUT2D eigenvalue weighted by molar-refractivity contribution is 7.89. The number of pyridine rings is 1. The smallest absolute Gasteiger partial charge is 0.257 e. The van der Waals surface area contributed by atoms with Gasteiger partial charge in [0, 0.05) is 32.6 Å². The Morgan fingerprint density at radius 3 is 2.31 bits per heavy atom. The van der Waals surface area contributed by atoms with Crippen LogP contribution in [0.25, 0.3) is 10.9 Å². The number of hydrogen-bond acceptors (Lipinski definition) is 5. The summed E-state index contributed by atoms with van der Waals surface area (Å²) in [6.07, 6.45) is 0. The molecule has 170 valence electrons. The van der Waals surface area contributed by atoms with Gasteiger partial charge < -0.3 is 10.2 Å². The lowest BCUT2D eigenvalue weighted by Gasteiger charge is -2.22. The molecule has 0 fully saturated rings. The van der Waals surface area contributed by atoms with Crippen LogP contribution in [0.2, 0.25) is 0 Å². The molecule has 0 saturated carbocycles. The minimum Gasteiger partial charge on any atom is -0.376 e. The van der Waals surface area contributed by atoms with Gasteiger partial charge in [-0.15, -0.1) is 0 Å². The summed E-state index contributed by atoms with van der Waals surface area (Å²) in [7, 11) is 0.0277. The Hall–Kier alpha value is -2.97. The van der Waals surface area contributed by atoms with E-state index in [9.17, 15) is 13.2 Å². The predicted molar refractivity (Wildman–Crippen MR) is 130 cm³/mol. The molecule has 3 rings (SSSR count). The van der Waals surface area contributed by atoms with Gasteiger partial charge in [-0.1, -0.05) is 25.5 Å². The van der Waals surface area contributed by atoms with Crippen molar-refractivity contribution in [1.29, 1.82) is 0 Å². The maximum Gasteiger partial charge on any atom is 0.257 e. The van der Waals surface area contributed by atoms with Crippen LogP contribution in [0.15, 0.2) is 47.4 Å². The summed E-state index contributed by atoms with van der Waals surface area (Å²) < 4.78 is 27.4. The Kier molecular flexibility index (Phi) is 6.85. The van der Waals surface area contributed by atoms with E-state index in [1.807, 2.05) is 50.2 Å². The molecule has 0 atom stereocenters. The van der Waals surface area contributed by atoms with Crippen molar-refractivity contribution in [1.82, 2.24) is 9.29 Å². The SMILES string of the molecule is CCN(CC)S(=O)(=O)c1ccc(N(C)C)c(NC(=O)c2cc3cc(C)ccc3nc2C)c1. The molecule has 0 spiro atoms. The van der Waals surface area contributed by atoms with E-state index in [0.29, 0.717) is 35.7 Å². The lowest BCUT2D eigenvalue weighted by molar-refractivity contribution is 0.102. The molecule has 8 heteroatoms. The Balaban J connectivity index is 2.05. The highest BCUT2D eigenvalue weighted by atomic mass is 32.2. The molecule has 32 heavy (non-hydrogen) atoms. The van der Waals surface area contributed by atoms with Crippen LogP contribution < -0.4 is 10.2 Å². The highest BCUT2D eigenvalue weighted by Gasteiger charge is 2.24. The standard InChI is InChI=1S/C24H30N4O3S/c1-7-28(8-2)32(30,31)19-10-12-23(27(5)6)22(15-19)26-24(29)20-14-18-13-16(3)9-11-21(18)25-17(20)4/h9-15H,7-8H2,1-6H3,(H,26,29). The van der Waals surface area contributed by atoms with Crippen molar-refractivity contribution >= 4 is 38.2 Å². The van der Waals surface area contributed by atoms with Gasteiger partial charge in [0.2, 0.25) is 10.0 Å². The van der Waals surface area contributed by atoms with Crippen molar-refractivity contribution < 1.29 is 13.2 Å². The lowest BCUT2D eigenvalue weighted by atomic mass is 10.1. The van der Waals surface area contributed by atoms with Gasteiger partial charge in [-0.25, -0.2) is 8.42 Å². The minimum absolute atomic E-state index is 0.145. The van der Waals surface area contributed by atoms with Crippen LogP contribution in [0.5, 0.6) is 0 Å². The van der Waals surface area contributed by atoms with Crippen LogP contribution in [-0.2, 0) is 10.0 Å². The summed E-state index contributed by atoms with van der Waals surface area (Å²) in [6.45, 7) is 8.13. The van der Waals surface area contributed by atoms with Crippen LogP contribution in [0.3, 0.4) is 0 Å². The average Bonchev–Trinajstić information content (AvgIpc) is 2.73. The second kappa shape index (κ2) is 9.26. The lowest BCUT2D eigenvalue weighted by Crippen LogP contribution is -2.30. The Labute approximate surface area is 190 Å². The monoisotopic (exact) mass is 454 g/mol. The van der Waals surface area contributed by atoms with E-state index in [4.69, 9.17) is 0 Å². The zero-order valence-corrected chi connectivity index (χ0v) is 20.2. The second-order valence-electron chi connectivity index (χ2n) is 7.93. The number of nitrogens with zero attached hydrogens (tertiary/aromatic N) is 3. The number of benzene rings is 2. The number of carbonyl (C=O) groups is 1. The van der Waals surface area contributed by atoms with Gasteiger partial charge in [0.05, 0.1) is 33.0 Å². The van der Waals surface area contributed by atoms with Gasteiger partial charge in [-0.05, 0) is 50.2 Å². The third-order valence-corrected chi connectivity index (χ3v) is 7.49. The molecule has 1 N–H and O–H groups in total. The van der Waals surface area contributed by atoms with Gasteiger partial charge >= 0.3 is 0 Å². The number of nitrogens with one attached hydrogen (secondary N) is 1. The molecule has 1 heterocycles. The summed E-state index contributed by atoms with van der Waals surface area (Å²) in [5.41, 5.74) is 4.10. The fourth-order valence-electron chi connectivity index (χ4n) is 3.69. The molecule has 7 nitrogen and oxygen atoms in total. The molecule has 0 saturated heterocycles. The van der Waals surface area contributed by atoms with Crippen molar-refractivity contribution in [2.75, 3.05) is 37.4 Å². The third-order valence-electron chi connectivity index (χ3n) is 5.45. The van der Waals surface area contributed by atoms with Gasteiger partial charge in [0.15, 0.2) is 0 Å². The number of amides is 1. The molecule has 1 aromatic heterocycles. The van der Waals surface area contributed by atoms with Gasteiger partial charge in [-0.3, -0.25) is 9.78 Å².